The molecule has 0 saturated carbocycles. The summed E-state index contributed by atoms with van der Waals surface area (Å²) >= 11 is 7.28. The molecule has 0 N–H and O–H groups in total. The number of hydrogen-bond donors (Lipinski definition) is 0. The van der Waals surface area contributed by atoms with Gasteiger partial charge in [-0.15, -0.1) is 0 Å². The van der Waals surface area contributed by atoms with Crippen LogP contribution < -0.4 is 24.4 Å². The fourth-order valence-corrected chi connectivity index (χ4v) is 5.79. The summed E-state index contributed by atoms with van der Waals surface area (Å²) in [6, 6.07) is 21.7. The second-order valence-corrected chi connectivity index (χ2v) is 10.4. The van der Waals surface area contributed by atoms with Gasteiger partial charge in [0, 0.05) is 10.6 Å². The lowest BCUT2D eigenvalue weighted by atomic mass is 9.95. The van der Waals surface area contributed by atoms with Crippen LogP contribution in [0.3, 0.4) is 0 Å². The molecule has 0 saturated heterocycles. The molecule has 4 aromatic rings. The Labute approximate surface area is 240 Å². The number of rotatable bonds is 8. The highest BCUT2D eigenvalue weighted by molar-refractivity contribution is 7.07. The number of esters is 1. The van der Waals surface area contributed by atoms with Crippen LogP contribution in [0.4, 0.5) is 0 Å². The van der Waals surface area contributed by atoms with E-state index in [0.29, 0.717) is 49.1 Å². The number of hydrogen-bond acceptors (Lipinski definition) is 7. The first-order valence-corrected chi connectivity index (χ1v) is 13.9. The van der Waals surface area contributed by atoms with Crippen LogP contribution in [0.15, 0.2) is 93.9 Å². The van der Waals surface area contributed by atoms with Crippen LogP contribution in [-0.2, 0) is 16.1 Å². The van der Waals surface area contributed by atoms with Crippen molar-refractivity contribution in [1.82, 2.24) is 4.57 Å². The van der Waals surface area contributed by atoms with Crippen LogP contribution in [0.5, 0.6) is 11.5 Å². The highest BCUT2D eigenvalue weighted by Gasteiger charge is 2.33. The Hall–Kier alpha value is -4.14. The van der Waals surface area contributed by atoms with Crippen molar-refractivity contribution >= 4 is 35.0 Å². The third-order valence-corrected chi connectivity index (χ3v) is 7.81. The van der Waals surface area contributed by atoms with E-state index in [-0.39, 0.29) is 12.2 Å². The second-order valence-electron chi connectivity index (χ2n) is 8.99. The third kappa shape index (κ3) is 5.33. The minimum absolute atomic E-state index is 0.263. The van der Waals surface area contributed by atoms with Crippen molar-refractivity contribution < 1.29 is 19.0 Å². The number of methoxy groups -OCH3 is 2. The zero-order valence-electron chi connectivity index (χ0n) is 22.2. The lowest BCUT2D eigenvalue weighted by molar-refractivity contribution is -0.136. The van der Waals surface area contributed by atoms with Gasteiger partial charge in [0.1, 0.15) is 6.61 Å². The maximum absolute atomic E-state index is 14.0. The molecule has 0 amide bonds. The molecule has 0 unspecified atom stereocenters. The van der Waals surface area contributed by atoms with E-state index >= 15 is 0 Å². The van der Waals surface area contributed by atoms with Gasteiger partial charge in [-0.05, 0) is 41.8 Å². The molecule has 0 bridgehead atoms. The molecule has 7 nitrogen and oxygen atoms in total. The van der Waals surface area contributed by atoms with Crippen molar-refractivity contribution in [3.05, 3.63) is 125 Å². The highest BCUT2D eigenvalue weighted by Crippen LogP contribution is 2.33. The first-order valence-electron chi connectivity index (χ1n) is 12.7. The monoisotopic (exact) mass is 574 g/mol. The minimum atomic E-state index is -0.659. The summed E-state index contributed by atoms with van der Waals surface area (Å²) in [6.45, 7) is 2.22. The molecule has 1 atom stereocenters. The smallest absolute Gasteiger partial charge is 0.338 e. The van der Waals surface area contributed by atoms with E-state index < -0.39 is 12.0 Å². The number of allylic oxidation sites excluding steroid dienone is 1. The van der Waals surface area contributed by atoms with Gasteiger partial charge in [0.05, 0.1) is 36.1 Å². The van der Waals surface area contributed by atoms with E-state index in [2.05, 4.69) is 0 Å². The molecule has 0 aliphatic carbocycles. The summed E-state index contributed by atoms with van der Waals surface area (Å²) in [4.78, 5) is 32.2. The normalized spacial score (nSPS) is 14.9. The number of nitrogens with zero attached hydrogens (tertiary/aromatic N) is 2. The topological polar surface area (TPSA) is 79.1 Å². The van der Waals surface area contributed by atoms with E-state index in [0.717, 1.165) is 11.1 Å². The number of carbonyl (C=O) groups is 1. The van der Waals surface area contributed by atoms with Crippen molar-refractivity contribution in [3.63, 3.8) is 0 Å². The Balaban J connectivity index is 1.65. The molecule has 204 valence electrons. The van der Waals surface area contributed by atoms with Gasteiger partial charge in [0.25, 0.3) is 5.56 Å². The fourth-order valence-electron chi connectivity index (χ4n) is 4.65. The van der Waals surface area contributed by atoms with Crippen LogP contribution in [-0.4, -0.2) is 24.8 Å². The van der Waals surface area contributed by atoms with Gasteiger partial charge >= 0.3 is 5.97 Å². The molecule has 9 heteroatoms. The third-order valence-electron chi connectivity index (χ3n) is 6.58. The van der Waals surface area contributed by atoms with Gasteiger partial charge in [0.2, 0.25) is 0 Å². The Morgan fingerprint density at radius 1 is 1.05 bits per heavy atom. The van der Waals surface area contributed by atoms with Gasteiger partial charge in [-0.2, -0.15) is 0 Å². The van der Waals surface area contributed by atoms with Gasteiger partial charge in [-0.1, -0.05) is 84.5 Å². The predicted octanol–water partition coefficient (Wildman–Crippen LogP) is 5.04. The van der Waals surface area contributed by atoms with Gasteiger partial charge < -0.3 is 14.2 Å². The predicted molar refractivity (Wildman–Crippen MR) is 156 cm³/mol. The molecule has 1 aromatic heterocycles. The first-order chi connectivity index (χ1) is 19.4. The Kier molecular flexibility index (Phi) is 8.19. The minimum Gasteiger partial charge on any atom is -0.493 e. The van der Waals surface area contributed by atoms with E-state index in [4.69, 9.17) is 30.8 Å². The van der Waals surface area contributed by atoms with E-state index in [1.807, 2.05) is 67.6 Å². The number of ether oxygens (including phenoxy) is 3. The Morgan fingerprint density at radius 2 is 1.80 bits per heavy atom. The van der Waals surface area contributed by atoms with Crippen molar-refractivity contribution in [2.24, 2.45) is 4.99 Å². The fraction of sp³-hybridized carbons (Fsp3) is 0.194. The average Bonchev–Trinajstić information content (AvgIpc) is 3.30. The number of aromatic nitrogens is 1. The maximum atomic E-state index is 14.0. The Bertz CT molecular complexity index is 1760. The summed E-state index contributed by atoms with van der Waals surface area (Å²) in [6.07, 6.45) is 2.29. The largest absolute Gasteiger partial charge is 0.493 e. The number of benzene rings is 3. The molecular weight excluding hydrogens is 548 g/mol. The van der Waals surface area contributed by atoms with Crippen LogP contribution in [0, 0.1) is 0 Å². The molecule has 0 radical (unpaired) electrons. The maximum Gasteiger partial charge on any atom is 0.338 e. The van der Waals surface area contributed by atoms with Crippen molar-refractivity contribution in [2.45, 2.75) is 26.0 Å². The summed E-state index contributed by atoms with van der Waals surface area (Å²) in [5, 5.41) is 0.646. The van der Waals surface area contributed by atoms with Gasteiger partial charge in [0.15, 0.2) is 16.3 Å². The molecular formula is C31H27ClN2O5S. The molecule has 5 rings (SSSR count). The highest BCUT2D eigenvalue weighted by atomic mass is 35.5. The molecule has 1 aliphatic rings. The van der Waals surface area contributed by atoms with Crippen LogP contribution in [0.2, 0.25) is 5.02 Å². The van der Waals surface area contributed by atoms with E-state index in [1.54, 1.807) is 29.9 Å². The number of fused-ring (bicyclic) bond motifs is 1. The molecule has 1 aliphatic heterocycles. The van der Waals surface area contributed by atoms with Crippen LogP contribution in [0.25, 0.3) is 6.08 Å². The number of halogens is 1. The molecule has 2 heterocycles. The zero-order valence-corrected chi connectivity index (χ0v) is 23.8. The molecule has 3 aromatic carbocycles. The lowest BCUT2D eigenvalue weighted by Gasteiger charge is -2.25. The zero-order chi connectivity index (χ0) is 28.2. The summed E-state index contributed by atoms with van der Waals surface area (Å²) in [7, 11) is 2.91. The molecule has 0 spiro atoms. The summed E-state index contributed by atoms with van der Waals surface area (Å²) in [5.41, 5.74) is 3.11. The van der Waals surface area contributed by atoms with Crippen molar-refractivity contribution in [3.8, 4) is 11.5 Å². The summed E-state index contributed by atoms with van der Waals surface area (Å²) < 4.78 is 18.9. The van der Waals surface area contributed by atoms with Gasteiger partial charge in [-0.25, -0.2) is 9.79 Å². The summed E-state index contributed by atoms with van der Waals surface area (Å²) in [5.74, 6) is 0.545. The van der Waals surface area contributed by atoms with E-state index in [1.165, 1.54) is 18.4 Å². The average molecular weight is 575 g/mol. The SMILES string of the molecule is CCC1=C(C(=O)OC)[C@@H](c2ccccc2)n2c(s/c(=C/c3cccc(OC)c3OCc3ccc(Cl)cc3)c2=O)=N1. The standard InChI is InChI=1S/C31H27ClN2O5S/c1-4-23-26(30(36)38-3)27(20-9-6-5-7-10-20)34-29(35)25(40-31(34)33-23)17-21-11-8-12-24(37-2)28(21)39-18-19-13-15-22(32)16-14-19/h5-17,27H,4,18H2,1-3H3/b25-17+/t27-/m1/s1. The number of thiazole rings is 1. The van der Waals surface area contributed by atoms with Gasteiger partial charge in [-0.3, -0.25) is 9.36 Å². The Morgan fingerprint density at radius 3 is 2.48 bits per heavy atom. The molecule has 0 fully saturated rings. The van der Waals surface area contributed by atoms with E-state index in [9.17, 15) is 9.59 Å². The van der Waals surface area contributed by atoms with Crippen molar-refractivity contribution in [2.75, 3.05) is 14.2 Å². The number of para-hydroxylation sites is 1. The lowest BCUT2D eigenvalue weighted by Crippen LogP contribution is -2.40. The van der Waals surface area contributed by atoms with Crippen molar-refractivity contribution in [1.29, 1.82) is 0 Å². The molecule has 40 heavy (non-hydrogen) atoms. The first kappa shape index (κ1) is 27.4. The van der Waals surface area contributed by atoms with Crippen LogP contribution >= 0.6 is 22.9 Å². The second kappa shape index (κ2) is 11.9. The number of carbonyl (C=O) groups excluding carboxylic acids is 1. The van der Waals surface area contributed by atoms with Crippen LogP contribution in [0.1, 0.15) is 36.1 Å². The quantitative estimate of drug-likeness (QED) is 0.276.